The average Bonchev–Trinajstić information content (AvgIpc) is 2.85. The number of halogens is 1. The number of rotatable bonds is 11. The van der Waals surface area contributed by atoms with E-state index < -0.39 is 6.04 Å². The molecule has 5 nitrogen and oxygen atoms in total. The summed E-state index contributed by atoms with van der Waals surface area (Å²) in [6, 6.07) is 25.6. The summed E-state index contributed by atoms with van der Waals surface area (Å²) in [6.45, 7) is 4.07. The third-order valence-electron chi connectivity index (χ3n) is 5.63. The number of carbonyl (C=O) groups is 2. The van der Waals surface area contributed by atoms with Crippen molar-refractivity contribution in [3.05, 3.63) is 101 Å². The molecule has 0 unspecified atom stereocenters. The molecule has 0 bridgehead atoms. The van der Waals surface area contributed by atoms with E-state index in [2.05, 4.69) is 5.32 Å². The molecule has 0 saturated carbocycles. The normalized spacial score (nSPS) is 12.4. The van der Waals surface area contributed by atoms with E-state index in [0.717, 1.165) is 17.5 Å². The number of ether oxygens (including phenoxy) is 1. The summed E-state index contributed by atoms with van der Waals surface area (Å²) < 4.78 is 5.74. The molecule has 0 aliphatic carbocycles. The van der Waals surface area contributed by atoms with Gasteiger partial charge < -0.3 is 15.0 Å². The summed E-state index contributed by atoms with van der Waals surface area (Å²) in [5.41, 5.74) is 1.92. The first-order chi connectivity index (χ1) is 16.5. The van der Waals surface area contributed by atoms with Crippen LogP contribution >= 0.6 is 11.6 Å². The summed E-state index contributed by atoms with van der Waals surface area (Å²) >= 11 is 6.05. The molecule has 0 aliphatic heterocycles. The topological polar surface area (TPSA) is 58.6 Å². The lowest BCUT2D eigenvalue weighted by Crippen LogP contribution is -2.53. The molecular weight excluding hydrogens is 448 g/mol. The van der Waals surface area contributed by atoms with Crippen molar-refractivity contribution < 1.29 is 14.3 Å². The molecule has 0 fully saturated rings. The van der Waals surface area contributed by atoms with Gasteiger partial charge in [-0.2, -0.15) is 0 Å². The fraction of sp³-hybridized carbons (Fsp3) is 0.286. The van der Waals surface area contributed by atoms with E-state index in [0.29, 0.717) is 23.7 Å². The second kappa shape index (κ2) is 12.8. The molecule has 1 N–H and O–H groups in total. The minimum absolute atomic E-state index is 0.00200. The Bertz CT molecular complexity index is 1060. The number of carbonyl (C=O) groups excluding carboxylic acids is 2. The molecule has 0 aromatic heterocycles. The van der Waals surface area contributed by atoms with Crippen molar-refractivity contribution in [2.75, 3.05) is 6.61 Å². The average molecular weight is 479 g/mol. The lowest BCUT2D eigenvalue weighted by Gasteiger charge is -2.32. The van der Waals surface area contributed by atoms with Crippen LogP contribution in [0.3, 0.4) is 0 Å². The summed E-state index contributed by atoms with van der Waals surface area (Å²) in [5.74, 6) is 0.0541. The van der Waals surface area contributed by atoms with Gasteiger partial charge >= 0.3 is 0 Å². The standard InChI is InChI=1S/C28H31ClN2O3/c1-3-21(2)30-28(33)26(17-22-11-6-4-7-12-22)31(19-23-13-8-5-9-14-23)27(32)20-34-25-16-10-15-24(29)18-25/h4-16,18,21,26H,3,17,19-20H2,1-2H3,(H,30,33)/t21-,26-/m1/s1. The van der Waals surface area contributed by atoms with Gasteiger partial charge in [0.05, 0.1) is 0 Å². The molecule has 6 heteroatoms. The summed E-state index contributed by atoms with van der Waals surface area (Å²) in [6.07, 6.45) is 1.20. The van der Waals surface area contributed by atoms with Gasteiger partial charge in [-0.1, -0.05) is 85.3 Å². The number of hydrogen-bond acceptors (Lipinski definition) is 3. The molecule has 0 saturated heterocycles. The predicted octanol–water partition coefficient (Wildman–Crippen LogP) is 5.27. The maximum absolute atomic E-state index is 13.5. The molecular formula is C28H31ClN2O3. The van der Waals surface area contributed by atoms with E-state index in [1.54, 1.807) is 29.2 Å². The van der Waals surface area contributed by atoms with Gasteiger partial charge in [0.2, 0.25) is 5.91 Å². The quantitative estimate of drug-likeness (QED) is 0.408. The molecule has 3 aromatic carbocycles. The van der Waals surface area contributed by atoms with Gasteiger partial charge in [0.15, 0.2) is 6.61 Å². The van der Waals surface area contributed by atoms with E-state index >= 15 is 0 Å². The van der Waals surface area contributed by atoms with Gasteiger partial charge in [-0.3, -0.25) is 9.59 Å². The highest BCUT2D eigenvalue weighted by atomic mass is 35.5. The Labute approximate surface area is 206 Å². The first-order valence-electron chi connectivity index (χ1n) is 11.5. The molecule has 178 valence electrons. The van der Waals surface area contributed by atoms with Crippen LogP contribution in [0.4, 0.5) is 0 Å². The Morgan fingerprint density at radius 1 is 0.941 bits per heavy atom. The molecule has 34 heavy (non-hydrogen) atoms. The maximum Gasteiger partial charge on any atom is 0.261 e. The third-order valence-corrected chi connectivity index (χ3v) is 5.86. The molecule has 3 rings (SSSR count). The number of nitrogens with one attached hydrogen (secondary N) is 1. The van der Waals surface area contributed by atoms with Crippen LogP contribution in [0.25, 0.3) is 0 Å². The van der Waals surface area contributed by atoms with Crippen LogP contribution in [0.1, 0.15) is 31.4 Å². The van der Waals surface area contributed by atoms with Crippen molar-refractivity contribution in [2.24, 2.45) is 0 Å². The first kappa shape index (κ1) is 25.3. The molecule has 0 radical (unpaired) electrons. The third kappa shape index (κ3) is 7.63. The monoisotopic (exact) mass is 478 g/mol. The molecule has 2 atom stereocenters. The fourth-order valence-electron chi connectivity index (χ4n) is 3.56. The molecule has 0 spiro atoms. The highest BCUT2D eigenvalue weighted by Gasteiger charge is 2.31. The van der Waals surface area contributed by atoms with Crippen molar-refractivity contribution in [1.29, 1.82) is 0 Å². The number of nitrogens with zero attached hydrogens (tertiary/aromatic N) is 1. The number of amides is 2. The zero-order chi connectivity index (χ0) is 24.3. The van der Waals surface area contributed by atoms with E-state index in [9.17, 15) is 9.59 Å². The van der Waals surface area contributed by atoms with Crippen LogP contribution in [0.2, 0.25) is 5.02 Å². The van der Waals surface area contributed by atoms with Gasteiger partial charge in [0.25, 0.3) is 5.91 Å². The van der Waals surface area contributed by atoms with Gasteiger partial charge in [-0.25, -0.2) is 0 Å². The van der Waals surface area contributed by atoms with Crippen LogP contribution in [-0.2, 0) is 22.6 Å². The Kier molecular flexibility index (Phi) is 9.53. The predicted molar refractivity (Wildman–Crippen MR) is 136 cm³/mol. The largest absolute Gasteiger partial charge is 0.484 e. The summed E-state index contributed by atoms with van der Waals surface area (Å²) in [5, 5.41) is 3.59. The number of hydrogen-bond donors (Lipinski definition) is 1. The minimum Gasteiger partial charge on any atom is -0.484 e. The Morgan fingerprint density at radius 2 is 1.59 bits per heavy atom. The van der Waals surface area contributed by atoms with E-state index in [4.69, 9.17) is 16.3 Å². The Morgan fingerprint density at radius 3 is 2.21 bits per heavy atom. The van der Waals surface area contributed by atoms with Crippen LogP contribution in [0.5, 0.6) is 5.75 Å². The molecule has 2 amide bonds. The number of benzene rings is 3. The van der Waals surface area contributed by atoms with Crippen molar-refractivity contribution >= 4 is 23.4 Å². The van der Waals surface area contributed by atoms with Crippen LogP contribution in [0, 0.1) is 0 Å². The zero-order valence-corrected chi connectivity index (χ0v) is 20.4. The van der Waals surface area contributed by atoms with E-state index in [1.165, 1.54) is 0 Å². The van der Waals surface area contributed by atoms with Crippen molar-refractivity contribution in [3.8, 4) is 5.75 Å². The van der Waals surface area contributed by atoms with Gasteiger partial charge in [0.1, 0.15) is 11.8 Å². The zero-order valence-electron chi connectivity index (χ0n) is 19.6. The van der Waals surface area contributed by atoms with Crippen molar-refractivity contribution in [1.82, 2.24) is 10.2 Å². The highest BCUT2D eigenvalue weighted by Crippen LogP contribution is 2.19. The molecule has 3 aromatic rings. The lowest BCUT2D eigenvalue weighted by molar-refractivity contribution is -0.143. The minimum atomic E-state index is -0.688. The van der Waals surface area contributed by atoms with E-state index in [1.807, 2.05) is 74.5 Å². The van der Waals surface area contributed by atoms with Gasteiger partial charge in [-0.05, 0) is 42.7 Å². The van der Waals surface area contributed by atoms with Crippen molar-refractivity contribution in [3.63, 3.8) is 0 Å². The van der Waals surface area contributed by atoms with Crippen LogP contribution in [0.15, 0.2) is 84.9 Å². The molecule has 0 aliphatic rings. The SMILES string of the molecule is CC[C@@H](C)NC(=O)[C@@H](Cc1ccccc1)N(Cc1ccccc1)C(=O)COc1cccc(Cl)c1. The van der Waals surface area contributed by atoms with Crippen LogP contribution in [-0.4, -0.2) is 35.4 Å². The highest BCUT2D eigenvalue weighted by molar-refractivity contribution is 6.30. The van der Waals surface area contributed by atoms with Gasteiger partial charge in [-0.15, -0.1) is 0 Å². The Balaban J connectivity index is 1.89. The summed E-state index contributed by atoms with van der Waals surface area (Å²) in [4.78, 5) is 28.5. The van der Waals surface area contributed by atoms with Gasteiger partial charge in [0, 0.05) is 24.0 Å². The molecule has 0 heterocycles. The van der Waals surface area contributed by atoms with Crippen molar-refractivity contribution in [2.45, 2.75) is 45.3 Å². The van der Waals surface area contributed by atoms with E-state index in [-0.39, 0.29) is 24.5 Å². The van der Waals surface area contributed by atoms with Crippen LogP contribution < -0.4 is 10.1 Å². The maximum atomic E-state index is 13.5. The summed E-state index contributed by atoms with van der Waals surface area (Å²) in [7, 11) is 0. The Hall–Kier alpha value is -3.31. The first-order valence-corrected chi connectivity index (χ1v) is 11.9. The smallest absolute Gasteiger partial charge is 0.261 e. The fourth-order valence-corrected chi connectivity index (χ4v) is 3.74. The second-order valence-electron chi connectivity index (χ2n) is 8.28. The second-order valence-corrected chi connectivity index (χ2v) is 8.71. The lowest BCUT2D eigenvalue weighted by atomic mass is 10.0.